The molecule has 0 spiro atoms. The molecule has 0 aliphatic heterocycles. The minimum Gasteiger partial charge on any atom is -0.368 e. The van der Waals surface area contributed by atoms with Gasteiger partial charge in [-0.1, -0.05) is 30.7 Å². The summed E-state index contributed by atoms with van der Waals surface area (Å²) in [7, 11) is 0. The second-order valence-electron chi connectivity index (χ2n) is 7.19. The maximum absolute atomic E-state index is 12.0. The van der Waals surface area contributed by atoms with E-state index >= 15 is 0 Å². The Hall–Kier alpha value is -1.06. The summed E-state index contributed by atoms with van der Waals surface area (Å²) in [4.78, 5) is 12.0. The summed E-state index contributed by atoms with van der Waals surface area (Å²) in [5.41, 5.74) is 5.96. The van der Waals surface area contributed by atoms with Crippen molar-refractivity contribution in [3.8, 4) is 0 Å². The van der Waals surface area contributed by atoms with Crippen LogP contribution in [0.1, 0.15) is 39.7 Å². The Morgan fingerprint density at radius 1 is 1.35 bits per heavy atom. The molecule has 1 fully saturated rings. The van der Waals surface area contributed by atoms with Crippen molar-refractivity contribution in [1.29, 1.82) is 0 Å². The van der Waals surface area contributed by atoms with Gasteiger partial charge in [0.25, 0.3) is 0 Å². The molecule has 1 amide bonds. The summed E-state index contributed by atoms with van der Waals surface area (Å²) in [5.74, 6) is -0.260. The van der Waals surface area contributed by atoms with E-state index in [4.69, 9.17) is 17.3 Å². The Kier molecular flexibility index (Phi) is 3.64. The van der Waals surface area contributed by atoms with Crippen molar-refractivity contribution in [3.63, 3.8) is 0 Å². The highest BCUT2D eigenvalue weighted by Gasteiger charge is 2.68. The van der Waals surface area contributed by atoms with Gasteiger partial charge >= 0.3 is 0 Å². The van der Waals surface area contributed by atoms with Crippen molar-refractivity contribution in [2.45, 2.75) is 51.6 Å². The Bertz CT molecular complexity index is 520. The Morgan fingerprint density at radius 3 is 2.35 bits per heavy atom. The summed E-state index contributed by atoms with van der Waals surface area (Å²) in [6, 6.07) is 7.78. The van der Waals surface area contributed by atoms with Crippen LogP contribution in [0.5, 0.6) is 0 Å². The Morgan fingerprint density at radius 2 is 1.90 bits per heavy atom. The molecule has 2 rings (SSSR count). The highest BCUT2D eigenvalue weighted by Crippen LogP contribution is 2.58. The topological polar surface area (TPSA) is 55.1 Å². The molecule has 1 saturated carbocycles. The molecule has 1 aliphatic carbocycles. The lowest BCUT2D eigenvalue weighted by atomic mass is 9.91. The predicted molar refractivity (Wildman–Crippen MR) is 82.7 cm³/mol. The van der Waals surface area contributed by atoms with Crippen LogP contribution < -0.4 is 11.1 Å². The van der Waals surface area contributed by atoms with Crippen LogP contribution in [0.15, 0.2) is 24.3 Å². The van der Waals surface area contributed by atoms with E-state index in [0.717, 1.165) is 17.9 Å². The zero-order valence-corrected chi connectivity index (χ0v) is 13.3. The summed E-state index contributed by atoms with van der Waals surface area (Å²) < 4.78 is 0. The molecule has 0 unspecified atom stereocenters. The van der Waals surface area contributed by atoms with Crippen LogP contribution in [0.4, 0.5) is 0 Å². The second kappa shape index (κ2) is 4.74. The van der Waals surface area contributed by atoms with Gasteiger partial charge in [-0.2, -0.15) is 0 Å². The van der Waals surface area contributed by atoms with Gasteiger partial charge in [-0.15, -0.1) is 0 Å². The third-order valence-electron chi connectivity index (χ3n) is 4.08. The third-order valence-corrected chi connectivity index (χ3v) is 4.33. The molecule has 1 aromatic rings. The fourth-order valence-corrected chi connectivity index (χ4v) is 3.21. The minimum absolute atomic E-state index is 0.139. The van der Waals surface area contributed by atoms with Crippen LogP contribution in [0.3, 0.4) is 0 Å². The molecule has 0 saturated heterocycles. The summed E-state index contributed by atoms with van der Waals surface area (Å²) in [6.45, 7) is 8.28. The molecule has 110 valence electrons. The average Bonchev–Trinajstić information content (AvgIpc) is 2.85. The molecule has 0 radical (unpaired) electrons. The highest BCUT2D eigenvalue weighted by atomic mass is 35.5. The molecule has 0 bridgehead atoms. The fourth-order valence-electron chi connectivity index (χ4n) is 3.09. The molecular weight excluding hydrogens is 272 g/mol. The molecule has 2 atom stereocenters. The number of nitrogens with two attached hydrogens (primary N) is 1. The molecule has 3 nitrogen and oxygen atoms in total. The van der Waals surface area contributed by atoms with Crippen LogP contribution in [-0.2, 0) is 11.2 Å². The van der Waals surface area contributed by atoms with Crippen molar-refractivity contribution >= 4 is 17.5 Å². The number of hydrogen-bond donors (Lipinski definition) is 2. The van der Waals surface area contributed by atoms with Crippen LogP contribution in [0.25, 0.3) is 0 Å². The predicted octanol–water partition coefficient (Wildman–Crippen LogP) is 2.90. The minimum atomic E-state index is -0.606. The number of benzene rings is 1. The quantitative estimate of drug-likeness (QED) is 0.897. The van der Waals surface area contributed by atoms with Gasteiger partial charge in [0.15, 0.2) is 0 Å². The zero-order chi connectivity index (χ0) is 15.2. The number of amides is 1. The van der Waals surface area contributed by atoms with Crippen LogP contribution >= 0.6 is 11.6 Å². The van der Waals surface area contributed by atoms with Crippen molar-refractivity contribution in [1.82, 2.24) is 5.32 Å². The van der Waals surface area contributed by atoms with E-state index in [1.807, 2.05) is 24.3 Å². The van der Waals surface area contributed by atoms with E-state index in [9.17, 15) is 4.79 Å². The van der Waals surface area contributed by atoms with Crippen LogP contribution in [0.2, 0.25) is 5.02 Å². The number of nitrogens with one attached hydrogen (secondary N) is 1. The van der Waals surface area contributed by atoms with Gasteiger partial charge < -0.3 is 5.73 Å². The van der Waals surface area contributed by atoms with E-state index in [-0.39, 0.29) is 16.9 Å². The van der Waals surface area contributed by atoms with Crippen molar-refractivity contribution in [3.05, 3.63) is 34.9 Å². The number of primary amides is 1. The highest BCUT2D eigenvalue weighted by molar-refractivity contribution is 6.30. The van der Waals surface area contributed by atoms with Gasteiger partial charge in [0, 0.05) is 16.0 Å². The number of carbonyl (C=O) groups is 1. The molecule has 20 heavy (non-hydrogen) atoms. The molecular formula is C16H23ClN2O. The molecule has 3 N–H and O–H groups in total. The van der Waals surface area contributed by atoms with E-state index in [2.05, 4.69) is 33.0 Å². The van der Waals surface area contributed by atoms with Gasteiger partial charge in [-0.05, 0) is 51.3 Å². The van der Waals surface area contributed by atoms with Gasteiger partial charge in [0.05, 0.1) is 0 Å². The van der Waals surface area contributed by atoms with Crippen molar-refractivity contribution in [2.24, 2.45) is 11.1 Å². The van der Waals surface area contributed by atoms with E-state index in [1.54, 1.807) is 0 Å². The van der Waals surface area contributed by atoms with E-state index < -0.39 is 5.54 Å². The monoisotopic (exact) mass is 294 g/mol. The van der Waals surface area contributed by atoms with E-state index in [1.165, 1.54) is 5.56 Å². The van der Waals surface area contributed by atoms with Crippen LogP contribution in [-0.4, -0.2) is 17.0 Å². The number of halogens is 1. The van der Waals surface area contributed by atoms with Gasteiger partial charge in [0.1, 0.15) is 5.54 Å². The molecule has 4 heteroatoms. The lowest BCUT2D eigenvalue weighted by Gasteiger charge is -2.30. The summed E-state index contributed by atoms with van der Waals surface area (Å²) >= 11 is 5.91. The standard InChI is InChI=1S/C16H23ClN2O/c1-14(2,3)19-16(13(18)20)10-15(16,4)9-11-5-7-12(17)8-6-11/h5-8,19H,9-10H2,1-4H3,(H2,18,20)/t15-,16-/m1/s1. The zero-order valence-electron chi connectivity index (χ0n) is 12.6. The normalized spacial score (nSPS) is 29.2. The lowest BCUT2D eigenvalue weighted by Crippen LogP contribution is -2.55. The van der Waals surface area contributed by atoms with Gasteiger partial charge in [-0.3, -0.25) is 10.1 Å². The Labute approximate surface area is 125 Å². The Balaban J connectivity index is 2.19. The van der Waals surface area contributed by atoms with Crippen molar-refractivity contribution < 1.29 is 4.79 Å². The SMILES string of the molecule is CC(C)(C)N[C@@]1(C(N)=O)C[C@@]1(C)Cc1ccc(Cl)cc1. The van der Waals surface area contributed by atoms with Gasteiger partial charge in [0.2, 0.25) is 5.91 Å². The first-order valence-corrected chi connectivity index (χ1v) is 7.30. The number of carbonyl (C=O) groups excluding carboxylic acids is 1. The maximum Gasteiger partial charge on any atom is 0.238 e. The second-order valence-corrected chi connectivity index (χ2v) is 7.62. The largest absolute Gasteiger partial charge is 0.368 e. The van der Waals surface area contributed by atoms with Crippen LogP contribution in [0, 0.1) is 5.41 Å². The fraction of sp³-hybridized carbons (Fsp3) is 0.562. The maximum atomic E-state index is 12.0. The number of hydrogen-bond acceptors (Lipinski definition) is 2. The average molecular weight is 295 g/mol. The lowest BCUT2D eigenvalue weighted by molar-refractivity contribution is -0.122. The first-order chi connectivity index (χ1) is 9.08. The van der Waals surface area contributed by atoms with E-state index in [0.29, 0.717) is 0 Å². The first-order valence-electron chi connectivity index (χ1n) is 6.92. The van der Waals surface area contributed by atoms with Gasteiger partial charge in [-0.25, -0.2) is 0 Å². The molecule has 0 heterocycles. The van der Waals surface area contributed by atoms with Crippen molar-refractivity contribution in [2.75, 3.05) is 0 Å². The molecule has 1 aromatic carbocycles. The third kappa shape index (κ3) is 2.84. The molecule has 0 aromatic heterocycles. The molecule has 1 aliphatic rings. The summed E-state index contributed by atoms with van der Waals surface area (Å²) in [6.07, 6.45) is 1.59. The number of rotatable bonds is 4. The summed E-state index contributed by atoms with van der Waals surface area (Å²) in [5, 5.41) is 4.15. The first kappa shape index (κ1) is 15.3. The smallest absolute Gasteiger partial charge is 0.238 e.